The Hall–Kier alpha value is -0.650. The molecule has 0 aromatic carbocycles. The topological polar surface area (TPSA) is 58.8 Å². The van der Waals surface area contributed by atoms with Crippen molar-refractivity contribution in [3.63, 3.8) is 0 Å². The summed E-state index contributed by atoms with van der Waals surface area (Å²) in [5.74, 6) is 0.529. The molecule has 0 aromatic heterocycles. The number of hydrogen-bond donors (Lipinski definition) is 1. The van der Waals surface area contributed by atoms with Gasteiger partial charge in [0.15, 0.2) is 0 Å². The van der Waals surface area contributed by atoms with Crippen molar-refractivity contribution in [1.82, 2.24) is 9.80 Å². The van der Waals surface area contributed by atoms with Gasteiger partial charge in [0.25, 0.3) is 0 Å². The third kappa shape index (κ3) is 3.93. The van der Waals surface area contributed by atoms with E-state index < -0.39 is 6.04 Å². The van der Waals surface area contributed by atoms with Gasteiger partial charge in [-0.3, -0.25) is 4.79 Å². The minimum Gasteiger partial charge on any atom is -0.465 e. The molecule has 5 nitrogen and oxygen atoms in total. The molecule has 2 aliphatic rings. The molecule has 20 heavy (non-hydrogen) atoms. The van der Waals surface area contributed by atoms with E-state index in [9.17, 15) is 4.79 Å². The van der Waals surface area contributed by atoms with Gasteiger partial charge in [0.2, 0.25) is 0 Å². The fourth-order valence-electron chi connectivity index (χ4n) is 3.62. The fraction of sp³-hybridized carbons (Fsp3) is 0.933. The molecule has 116 valence electrons. The van der Waals surface area contributed by atoms with Crippen LogP contribution in [0.5, 0.6) is 0 Å². The van der Waals surface area contributed by atoms with Gasteiger partial charge in [0.05, 0.1) is 6.61 Å². The van der Waals surface area contributed by atoms with E-state index in [1.165, 1.54) is 25.8 Å². The summed E-state index contributed by atoms with van der Waals surface area (Å²) in [5, 5.41) is 0. The number of esters is 1. The average molecular weight is 283 g/mol. The molecular formula is C15H29N3O2. The van der Waals surface area contributed by atoms with Crippen LogP contribution in [0.1, 0.15) is 32.6 Å². The Kier molecular flexibility index (Phi) is 5.81. The van der Waals surface area contributed by atoms with E-state index in [4.69, 9.17) is 10.5 Å². The summed E-state index contributed by atoms with van der Waals surface area (Å²) >= 11 is 0. The number of nitrogens with two attached hydrogens (primary N) is 1. The first-order chi connectivity index (χ1) is 9.61. The number of likely N-dealkylation sites (tertiary alicyclic amines) is 2. The standard InChI is InChI=1S/C15H29N3O2/c1-3-20-15(19)13(16)6-9-18-10-7-14-12(11-18)5-4-8-17(14)2/h12-14H,3-11,16H2,1-2H3. The third-order valence-electron chi connectivity index (χ3n) is 4.78. The molecule has 0 aliphatic carbocycles. The van der Waals surface area contributed by atoms with Crippen LogP contribution < -0.4 is 5.73 Å². The SMILES string of the molecule is CCOC(=O)C(N)CCN1CCC2C(CCCN2C)C1. The highest BCUT2D eigenvalue weighted by molar-refractivity contribution is 5.75. The monoisotopic (exact) mass is 283 g/mol. The number of nitrogens with zero attached hydrogens (tertiary/aromatic N) is 2. The summed E-state index contributed by atoms with van der Waals surface area (Å²) < 4.78 is 4.95. The van der Waals surface area contributed by atoms with Crippen LogP contribution in [0.2, 0.25) is 0 Å². The zero-order valence-corrected chi connectivity index (χ0v) is 12.9. The highest BCUT2D eigenvalue weighted by Gasteiger charge is 2.34. The lowest BCUT2D eigenvalue weighted by Gasteiger charge is -2.46. The molecule has 0 radical (unpaired) electrons. The van der Waals surface area contributed by atoms with Crippen molar-refractivity contribution in [3.8, 4) is 0 Å². The number of hydrogen-bond acceptors (Lipinski definition) is 5. The van der Waals surface area contributed by atoms with Gasteiger partial charge >= 0.3 is 5.97 Å². The zero-order valence-electron chi connectivity index (χ0n) is 12.9. The Morgan fingerprint density at radius 2 is 2.20 bits per heavy atom. The van der Waals surface area contributed by atoms with Crippen molar-refractivity contribution in [2.24, 2.45) is 11.7 Å². The molecule has 2 rings (SSSR count). The van der Waals surface area contributed by atoms with E-state index in [1.54, 1.807) is 0 Å². The van der Waals surface area contributed by atoms with Crippen LogP contribution >= 0.6 is 0 Å². The molecular weight excluding hydrogens is 254 g/mol. The Labute approximate surface area is 122 Å². The van der Waals surface area contributed by atoms with Gasteiger partial charge in [0.1, 0.15) is 6.04 Å². The molecule has 2 saturated heterocycles. The van der Waals surface area contributed by atoms with Crippen LogP contribution in [0.3, 0.4) is 0 Å². The van der Waals surface area contributed by atoms with Gasteiger partial charge in [-0.2, -0.15) is 0 Å². The van der Waals surface area contributed by atoms with E-state index in [0.717, 1.165) is 31.6 Å². The van der Waals surface area contributed by atoms with Crippen molar-refractivity contribution < 1.29 is 9.53 Å². The Morgan fingerprint density at radius 1 is 1.40 bits per heavy atom. The predicted molar refractivity (Wildman–Crippen MR) is 79.4 cm³/mol. The van der Waals surface area contributed by atoms with Crippen LogP contribution in [-0.4, -0.2) is 67.7 Å². The second kappa shape index (κ2) is 7.38. The van der Waals surface area contributed by atoms with Gasteiger partial charge in [-0.1, -0.05) is 0 Å². The molecule has 0 saturated carbocycles. The quantitative estimate of drug-likeness (QED) is 0.752. The number of piperidine rings is 2. The van der Waals surface area contributed by atoms with E-state index in [-0.39, 0.29) is 5.97 Å². The normalized spacial score (nSPS) is 29.8. The molecule has 0 aromatic rings. The summed E-state index contributed by atoms with van der Waals surface area (Å²) in [7, 11) is 2.25. The van der Waals surface area contributed by atoms with Crippen molar-refractivity contribution >= 4 is 5.97 Å². The summed E-state index contributed by atoms with van der Waals surface area (Å²) in [6.45, 7) is 6.66. The molecule has 2 aliphatic heterocycles. The van der Waals surface area contributed by atoms with E-state index in [0.29, 0.717) is 13.0 Å². The minimum absolute atomic E-state index is 0.264. The molecule has 2 heterocycles. The predicted octanol–water partition coefficient (Wildman–Crippen LogP) is 0.683. The van der Waals surface area contributed by atoms with Gasteiger partial charge in [0, 0.05) is 19.1 Å². The van der Waals surface area contributed by atoms with Crippen molar-refractivity contribution in [2.75, 3.05) is 39.8 Å². The van der Waals surface area contributed by atoms with Crippen LogP contribution in [0.4, 0.5) is 0 Å². The first-order valence-corrected chi connectivity index (χ1v) is 7.96. The van der Waals surface area contributed by atoms with E-state index in [2.05, 4.69) is 16.8 Å². The smallest absolute Gasteiger partial charge is 0.322 e. The van der Waals surface area contributed by atoms with Crippen molar-refractivity contribution in [1.29, 1.82) is 0 Å². The Balaban J connectivity index is 1.74. The molecule has 3 unspecified atom stereocenters. The Morgan fingerprint density at radius 3 is 2.95 bits per heavy atom. The van der Waals surface area contributed by atoms with E-state index >= 15 is 0 Å². The number of fused-ring (bicyclic) bond motifs is 1. The largest absolute Gasteiger partial charge is 0.465 e. The first kappa shape index (κ1) is 15.7. The van der Waals surface area contributed by atoms with Crippen LogP contribution in [0.15, 0.2) is 0 Å². The van der Waals surface area contributed by atoms with Crippen molar-refractivity contribution in [3.05, 3.63) is 0 Å². The highest BCUT2D eigenvalue weighted by atomic mass is 16.5. The summed E-state index contributed by atoms with van der Waals surface area (Å²) in [6, 6.07) is 0.292. The molecule has 0 amide bonds. The molecule has 0 spiro atoms. The number of rotatable bonds is 5. The molecule has 0 bridgehead atoms. The molecule has 2 N–H and O–H groups in total. The average Bonchev–Trinajstić information content (AvgIpc) is 2.45. The highest BCUT2D eigenvalue weighted by Crippen LogP contribution is 2.29. The van der Waals surface area contributed by atoms with Crippen LogP contribution in [0.25, 0.3) is 0 Å². The lowest BCUT2D eigenvalue weighted by atomic mass is 9.84. The van der Waals surface area contributed by atoms with Crippen molar-refractivity contribution in [2.45, 2.75) is 44.7 Å². The summed E-state index contributed by atoms with van der Waals surface area (Å²) in [4.78, 5) is 16.5. The maximum absolute atomic E-state index is 11.5. The third-order valence-corrected chi connectivity index (χ3v) is 4.78. The van der Waals surface area contributed by atoms with Gasteiger partial charge < -0.3 is 20.3 Å². The number of carbonyl (C=O) groups excluding carboxylic acids is 1. The first-order valence-electron chi connectivity index (χ1n) is 7.96. The maximum atomic E-state index is 11.5. The minimum atomic E-state index is -0.471. The lowest BCUT2D eigenvalue weighted by molar-refractivity contribution is -0.144. The van der Waals surface area contributed by atoms with Crippen LogP contribution in [-0.2, 0) is 9.53 Å². The fourth-order valence-corrected chi connectivity index (χ4v) is 3.62. The molecule has 3 atom stereocenters. The number of ether oxygens (including phenoxy) is 1. The van der Waals surface area contributed by atoms with Gasteiger partial charge in [-0.05, 0) is 58.7 Å². The second-order valence-electron chi connectivity index (χ2n) is 6.19. The zero-order chi connectivity index (χ0) is 14.5. The van der Waals surface area contributed by atoms with Gasteiger partial charge in [-0.25, -0.2) is 0 Å². The lowest BCUT2D eigenvalue weighted by Crippen LogP contribution is -2.53. The summed E-state index contributed by atoms with van der Waals surface area (Å²) in [5.41, 5.74) is 5.86. The second-order valence-corrected chi connectivity index (χ2v) is 6.19. The maximum Gasteiger partial charge on any atom is 0.322 e. The van der Waals surface area contributed by atoms with Crippen LogP contribution in [0, 0.1) is 5.92 Å². The van der Waals surface area contributed by atoms with E-state index in [1.807, 2.05) is 6.92 Å². The van der Waals surface area contributed by atoms with Gasteiger partial charge in [-0.15, -0.1) is 0 Å². The molecule has 5 heteroatoms. The number of carbonyl (C=O) groups is 1. The molecule has 2 fully saturated rings. The summed E-state index contributed by atoms with van der Waals surface area (Å²) in [6.07, 6.45) is 4.60. The Bertz CT molecular complexity index is 324.